The molecule has 2 amide bonds. The third-order valence-corrected chi connectivity index (χ3v) is 4.21. The highest BCUT2D eigenvalue weighted by molar-refractivity contribution is 5.75. The van der Waals surface area contributed by atoms with Crippen LogP contribution in [0.2, 0.25) is 0 Å². The van der Waals surface area contributed by atoms with E-state index in [1.807, 2.05) is 6.92 Å². The van der Waals surface area contributed by atoms with Gasteiger partial charge >= 0.3 is 6.03 Å². The smallest absolute Gasteiger partial charge is 0.315 e. The number of hydrogen-bond acceptors (Lipinski definition) is 3. The Bertz CT molecular complexity index is 303. The molecule has 110 valence electrons. The monoisotopic (exact) mass is 270 g/mol. The molecule has 0 aromatic carbocycles. The van der Waals surface area contributed by atoms with Crippen molar-refractivity contribution in [3.05, 3.63) is 0 Å². The van der Waals surface area contributed by atoms with E-state index in [4.69, 9.17) is 9.47 Å². The Morgan fingerprint density at radius 2 is 2.11 bits per heavy atom. The van der Waals surface area contributed by atoms with Crippen molar-refractivity contribution in [2.75, 3.05) is 20.3 Å². The van der Waals surface area contributed by atoms with Gasteiger partial charge in [-0.25, -0.2) is 4.79 Å². The molecule has 2 aliphatic rings. The quantitative estimate of drug-likeness (QED) is 0.769. The lowest BCUT2D eigenvalue weighted by atomic mass is 10.0. The summed E-state index contributed by atoms with van der Waals surface area (Å²) < 4.78 is 10.9. The zero-order chi connectivity index (χ0) is 13.7. The number of hydrogen-bond donors (Lipinski definition) is 2. The molecule has 0 aromatic rings. The molecule has 2 N–H and O–H groups in total. The maximum atomic E-state index is 12.1. The van der Waals surface area contributed by atoms with Crippen molar-refractivity contribution in [1.82, 2.24) is 10.6 Å². The molecule has 1 saturated carbocycles. The molecular formula is C14H26N2O3. The minimum Gasteiger partial charge on any atom is -0.379 e. The summed E-state index contributed by atoms with van der Waals surface area (Å²) in [5.41, 5.74) is -0.225. The highest BCUT2D eigenvalue weighted by atomic mass is 16.5. The van der Waals surface area contributed by atoms with Crippen LogP contribution in [0.15, 0.2) is 0 Å². The normalized spacial score (nSPS) is 35.7. The molecule has 19 heavy (non-hydrogen) atoms. The van der Waals surface area contributed by atoms with Crippen LogP contribution in [0.3, 0.4) is 0 Å². The van der Waals surface area contributed by atoms with Gasteiger partial charge in [-0.15, -0.1) is 0 Å². The summed E-state index contributed by atoms with van der Waals surface area (Å²) in [5, 5.41) is 6.12. The van der Waals surface area contributed by atoms with Gasteiger partial charge in [0.1, 0.15) is 0 Å². The van der Waals surface area contributed by atoms with Crippen molar-refractivity contribution < 1.29 is 14.3 Å². The number of amides is 2. The number of ether oxygens (including phenoxy) is 2. The maximum absolute atomic E-state index is 12.1. The van der Waals surface area contributed by atoms with Crippen LogP contribution < -0.4 is 10.6 Å². The van der Waals surface area contributed by atoms with Gasteiger partial charge in [-0.1, -0.05) is 19.3 Å². The van der Waals surface area contributed by atoms with Crippen LogP contribution in [0, 0.1) is 0 Å². The van der Waals surface area contributed by atoms with E-state index in [2.05, 4.69) is 10.6 Å². The van der Waals surface area contributed by atoms with Crippen LogP contribution in [-0.4, -0.2) is 44.0 Å². The van der Waals surface area contributed by atoms with Gasteiger partial charge in [0.05, 0.1) is 24.3 Å². The Morgan fingerprint density at radius 3 is 2.79 bits per heavy atom. The van der Waals surface area contributed by atoms with Crippen LogP contribution in [0.1, 0.15) is 45.4 Å². The topological polar surface area (TPSA) is 59.6 Å². The molecule has 0 unspecified atom stereocenters. The predicted octanol–water partition coefficient (Wildman–Crippen LogP) is 1.81. The standard InChI is InChI=1S/C14H26N2O3/c1-14(8-9-19-10-14)16-13(17)15-11-6-4-3-5-7-12(11)18-2/h11-12H,3-10H2,1-2H3,(H2,15,16,17)/t11-,12+,14-/m0/s1. The summed E-state index contributed by atoms with van der Waals surface area (Å²) in [4.78, 5) is 12.1. The summed E-state index contributed by atoms with van der Waals surface area (Å²) in [7, 11) is 1.73. The second-order valence-electron chi connectivity index (χ2n) is 5.98. The Hall–Kier alpha value is -0.810. The van der Waals surface area contributed by atoms with Crippen LogP contribution in [-0.2, 0) is 9.47 Å². The first-order valence-electron chi connectivity index (χ1n) is 7.32. The molecule has 1 saturated heterocycles. The largest absolute Gasteiger partial charge is 0.379 e. The fourth-order valence-corrected chi connectivity index (χ4v) is 2.97. The third kappa shape index (κ3) is 4.08. The van der Waals surface area contributed by atoms with Crippen LogP contribution in [0.4, 0.5) is 4.79 Å². The molecule has 5 nitrogen and oxygen atoms in total. The molecule has 0 bridgehead atoms. The van der Waals surface area contributed by atoms with Crippen molar-refractivity contribution in [2.45, 2.75) is 63.1 Å². The average molecular weight is 270 g/mol. The van der Waals surface area contributed by atoms with Gasteiger partial charge in [0, 0.05) is 13.7 Å². The highest BCUT2D eigenvalue weighted by Crippen LogP contribution is 2.21. The SMILES string of the molecule is CO[C@@H]1CCCCC[C@@H]1NC(=O)N[C@@]1(C)CCOC1. The number of carbonyl (C=O) groups is 1. The summed E-state index contributed by atoms with van der Waals surface area (Å²) >= 11 is 0. The molecule has 0 spiro atoms. The van der Waals surface area contributed by atoms with Crippen molar-refractivity contribution >= 4 is 6.03 Å². The average Bonchev–Trinajstić information content (AvgIpc) is 2.66. The first-order chi connectivity index (χ1) is 9.13. The molecule has 2 rings (SSSR count). The van der Waals surface area contributed by atoms with Crippen molar-refractivity contribution in [2.24, 2.45) is 0 Å². The van der Waals surface area contributed by atoms with E-state index in [1.165, 1.54) is 12.8 Å². The maximum Gasteiger partial charge on any atom is 0.315 e. The van der Waals surface area contributed by atoms with Gasteiger partial charge in [-0.3, -0.25) is 0 Å². The number of methoxy groups -OCH3 is 1. The molecule has 3 atom stereocenters. The third-order valence-electron chi connectivity index (χ3n) is 4.21. The second kappa shape index (κ2) is 6.57. The lowest BCUT2D eigenvalue weighted by Crippen LogP contribution is -2.55. The predicted molar refractivity (Wildman–Crippen MR) is 73.2 cm³/mol. The second-order valence-corrected chi connectivity index (χ2v) is 5.98. The van der Waals surface area contributed by atoms with Gasteiger partial charge in [-0.05, 0) is 26.2 Å². The molecule has 2 fully saturated rings. The summed E-state index contributed by atoms with van der Waals surface area (Å²) in [6.07, 6.45) is 6.61. The zero-order valence-corrected chi connectivity index (χ0v) is 12.0. The fraction of sp³-hybridized carbons (Fsp3) is 0.929. The van der Waals surface area contributed by atoms with E-state index < -0.39 is 0 Å². The van der Waals surface area contributed by atoms with Crippen molar-refractivity contribution in [3.8, 4) is 0 Å². The number of nitrogens with one attached hydrogen (secondary N) is 2. The van der Waals surface area contributed by atoms with E-state index >= 15 is 0 Å². The zero-order valence-electron chi connectivity index (χ0n) is 12.0. The molecule has 1 aliphatic heterocycles. The van der Waals surface area contributed by atoms with Crippen molar-refractivity contribution in [3.63, 3.8) is 0 Å². The molecule has 1 heterocycles. The first kappa shape index (κ1) is 14.6. The van der Waals surface area contributed by atoms with Crippen LogP contribution in [0.25, 0.3) is 0 Å². The summed E-state index contributed by atoms with van der Waals surface area (Å²) in [6.45, 7) is 3.35. The lowest BCUT2D eigenvalue weighted by Gasteiger charge is -2.28. The van der Waals surface area contributed by atoms with Gasteiger partial charge in [0.25, 0.3) is 0 Å². The highest BCUT2D eigenvalue weighted by Gasteiger charge is 2.32. The van der Waals surface area contributed by atoms with E-state index in [0.717, 1.165) is 32.3 Å². The first-order valence-corrected chi connectivity index (χ1v) is 7.32. The molecular weight excluding hydrogens is 244 g/mol. The van der Waals surface area contributed by atoms with Gasteiger partial charge < -0.3 is 20.1 Å². The van der Waals surface area contributed by atoms with E-state index in [1.54, 1.807) is 7.11 Å². The number of urea groups is 1. The van der Waals surface area contributed by atoms with Crippen LogP contribution >= 0.6 is 0 Å². The van der Waals surface area contributed by atoms with Gasteiger partial charge in [0.2, 0.25) is 0 Å². The molecule has 0 radical (unpaired) electrons. The summed E-state index contributed by atoms with van der Waals surface area (Å²) in [6, 6.07) is 0.0281. The Labute approximate surface area is 115 Å². The Balaban J connectivity index is 1.85. The number of rotatable bonds is 3. The van der Waals surface area contributed by atoms with E-state index in [-0.39, 0.29) is 23.7 Å². The van der Waals surface area contributed by atoms with Gasteiger partial charge in [-0.2, -0.15) is 0 Å². The summed E-state index contributed by atoms with van der Waals surface area (Å²) in [5.74, 6) is 0. The Kier molecular flexibility index (Phi) is 5.05. The lowest BCUT2D eigenvalue weighted by molar-refractivity contribution is 0.0654. The molecule has 5 heteroatoms. The molecule has 0 aromatic heterocycles. The van der Waals surface area contributed by atoms with E-state index in [9.17, 15) is 4.79 Å². The van der Waals surface area contributed by atoms with E-state index in [0.29, 0.717) is 6.61 Å². The minimum atomic E-state index is -0.225. The van der Waals surface area contributed by atoms with Crippen molar-refractivity contribution in [1.29, 1.82) is 0 Å². The Morgan fingerprint density at radius 1 is 1.32 bits per heavy atom. The van der Waals surface area contributed by atoms with Crippen LogP contribution in [0.5, 0.6) is 0 Å². The minimum absolute atomic E-state index is 0.0954. The van der Waals surface area contributed by atoms with Gasteiger partial charge in [0.15, 0.2) is 0 Å². The number of carbonyl (C=O) groups excluding carboxylic acids is 1. The molecule has 1 aliphatic carbocycles. The fourth-order valence-electron chi connectivity index (χ4n) is 2.97.